The monoisotopic (exact) mass is 502 g/mol. The van der Waals surface area contributed by atoms with E-state index >= 15 is 0 Å². The Bertz CT molecular complexity index is 1800. The minimum Gasteiger partial charge on any atom is -0.457 e. The maximum atomic E-state index is 11.1. The molecule has 0 aliphatic carbocycles. The van der Waals surface area contributed by atoms with Gasteiger partial charge in [0.25, 0.3) is 6.47 Å². The number of ether oxygens (including phenoxy) is 1. The molecule has 0 N–H and O–H groups in total. The Hall–Kier alpha value is -4.78. The molecular weight excluding hydrogens is 476 g/mol. The highest BCUT2D eigenvalue weighted by Gasteiger charge is 2.26. The third kappa shape index (κ3) is 4.12. The fourth-order valence-corrected chi connectivity index (χ4v) is 5.07. The Balaban J connectivity index is 1.40. The summed E-state index contributed by atoms with van der Waals surface area (Å²) in [6, 6.07) is 20.2. The fraction of sp³-hybridized carbons (Fsp3) is 0.161. The van der Waals surface area contributed by atoms with Gasteiger partial charge in [0, 0.05) is 71.4 Å². The van der Waals surface area contributed by atoms with Gasteiger partial charge in [-0.05, 0) is 61.2 Å². The summed E-state index contributed by atoms with van der Waals surface area (Å²) in [6.07, 6.45) is 7.25. The second-order valence-corrected chi connectivity index (χ2v) is 9.86. The Kier molecular flexibility index (Phi) is 5.76. The lowest BCUT2D eigenvalue weighted by Gasteiger charge is -2.23. The number of pyridine rings is 3. The molecule has 6 aromatic rings. The van der Waals surface area contributed by atoms with Crippen LogP contribution in [0.25, 0.3) is 44.1 Å². The summed E-state index contributed by atoms with van der Waals surface area (Å²) in [6.45, 7) is 4.92. The molecule has 0 fully saturated rings. The Morgan fingerprint density at radius 2 is 1.82 bits per heavy atom. The largest absolute Gasteiger partial charge is 0.457 e. The number of carbonyl (C=O) groups is 1. The standard InChI is InChI=1S/C31H26N4O3/c1-31(2,37-19-36)26-7-4-8-28-24(26)15-29(38-28)25-17-32-16-21-10-9-20(14-23(21)25)18-35(3)27-11-13-34-30-22(27)6-5-12-33-30/h4-17,19H,18H2,1-3H3. The zero-order chi connectivity index (χ0) is 26.3. The molecule has 2 aromatic carbocycles. The predicted octanol–water partition coefficient (Wildman–Crippen LogP) is 6.64. The second kappa shape index (κ2) is 9.27. The van der Waals surface area contributed by atoms with Crippen LogP contribution < -0.4 is 4.90 Å². The fourth-order valence-electron chi connectivity index (χ4n) is 5.07. The molecule has 188 valence electrons. The Morgan fingerprint density at radius 1 is 0.947 bits per heavy atom. The predicted molar refractivity (Wildman–Crippen MR) is 149 cm³/mol. The van der Waals surface area contributed by atoms with Gasteiger partial charge in [-0.25, -0.2) is 9.97 Å². The van der Waals surface area contributed by atoms with Crippen LogP contribution in [0.4, 0.5) is 5.69 Å². The molecule has 0 spiro atoms. The van der Waals surface area contributed by atoms with Gasteiger partial charge in [0.15, 0.2) is 5.65 Å². The first-order valence-corrected chi connectivity index (χ1v) is 12.4. The molecule has 4 aromatic heterocycles. The maximum Gasteiger partial charge on any atom is 0.293 e. The molecule has 38 heavy (non-hydrogen) atoms. The molecule has 0 amide bonds. The third-order valence-electron chi connectivity index (χ3n) is 6.97. The number of aromatic nitrogens is 3. The number of nitrogens with zero attached hydrogens (tertiary/aromatic N) is 4. The molecule has 7 heteroatoms. The summed E-state index contributed by atoms with van der Waals surface area (Å²) < 4.78 is 11.7. The molecule has 0 aliphatic rings. The summed E-state index contributed by atoms with van der Waals surface area (Å²) in [4.78, 5) is 26.6. The molecule has 6 rings (SSSR count). The number of benzene rings is 2. The van der Waals surface area contributed by atoms with Crippen molar-refractivity contribution in [3.8, 4) is 11.3 Å². The van der Waals surface area contributed by atoms with Crippen molar-refractivity contribution >= 4 is 44.9 Å². The van der Waals surface area contributed by atoms with Crippen molar-refractivity contribution in [3.63, 3.8) is 0 Å². The van der Waals surface area contributed by atoms with Crippen LogP contribution in [0.2, 0.25) is 0 Å². The van der Waals surface area contributed by atoms with Crippen molar-refractivity contribution < 1.29 is 13.9 Å². The lowest BCUT2D eigenvalue weighted by Crippen LogP contribution is -2.20. The normalized spacial score (nSPS) is 11.8. The second-order valence-electron chi connectivity index (χ2n) is 9.86. The van der Waals surface area contributed by atoms with Gasteiger partial charge in [0.2, 0.25) is 0 Å². The van der Waals surface area contributed by atoms with Gasteiger partial charge < -0.3 is 14.1 Å². The number of hydrogen-bond acceptors (Lipinski definition) is 7. The van der Waals surface area contributed by atoms with Crippen LogP contribution in [0.5, 0.6) is 0 Å². The van der Waals surface area contributed by atoms with Gasteiger partial charge in [0.05, 0.1) is 0 Å². The lowest BCUT2D eigenvalue weighted by atomic mass is 9.94. The van der Waals surface area contributed by atoms with Crippen molar-refractivity contribution in [2.45, 2.75) is 26.0 Å². The number of anilines is 1. The Labute approximate surface area is 219 Å². The molecule has 0 bridgehead atoms. The van der Waals surface area contributed by atoms with Crippen LogP contribution >= 0.6 is 0 Å². The average molecular weight is 503 g/mol. The van der Waals surface area contributed by atoms with Gasteiger partial charge in [-0.2, -0.15) is 0 Å². The van der Waals surface area contributed by atoms with Gasteiger partial charge in [-0.15, -0.1) is 0 Å². The van der Waals surface area contributed by atoms with Crippen LogP contribution in [0.15, 0.2) is 89.9 Å². The topological polar surface area (TPSA) is 81.4 Å². The minimum atomic E-state index is -0.788. The lowest BCUT2D eigenvalue weighted by molar-refractivity contribution is -0.141. The maximum absolute atomic E-state index is 11.1. The van der Waals surface area contributed by atoms with Crippen molar-refractivity contribution in [2.24, 2.45) is 0 Å². The number of carbonyl (C=O) groups excluding carboxylic acids is 1. The molecule has 0 aliphatic heterocycles. The molecule has 7 nitrogen and oxygen atoms in total. The molecule has 0 atom stereocenters. The number of furan rings is 1. The van der Waals surface area contributed by atoms with E-state index < -0.39 is 5.60 Å². The summed E-state index contributed by atoms with van der Waals surface area (Å²) in [5.41, 5.74) is 4.68. The molecule has 4 heterocycles. The molecule has 0 saturated heterocycles. The van der Waals surface area contributed by atoms with E-state index in [1.54, 1.807) is 12.4 Å². The smallest absolute Gasteiger partial charge is 0.293 e. The summed E-state index contributed by atoms with van der Waals surface area (Å²) in [7, 11) is 2.07. The van der Waals surface area contributed by atoms with E-state index in [4.69, 9.17) is 9.15 Å². The number of rotatable bonds is 7. The van der Waals surface area contributed by atoms with Gasteiger partial charge >= 0.3 is 0 Å². The molecule has 0 saturated carbocycles. The van der Waals surface area contributed by atoms with Crippen molar-refractivity contribution in [3.05, 3.63) is 96.6 Å². The van der Waals surface area contributed by atoms with Crippen LogP contribution in [-0.4, -0.2) is 28.5 Å². The number of hydrogen-bond donors (Lipinski definition) is 0. The van der Waals surface area contributed by atoms with Gasteiger partial charge in [-0.1, -0.05) is 24.3 Å². The molecular formula is C31H26N4O3. The Morgan fingerprint density at radius 3 is 2.68 bits per heavy atom. The van der Waals surface area contributed by atoms with E-state index in [2.05, 4.69) is 45.1 Å². The van der Waals surface area contributed by atoms with E-state index in [-0.39, 0.29) is 0 Å². The van der Waals surface area contributed by atoms with E-state index in [0.29, 0.717) is 18.8 Å². The van der Waals surface area contributed by atoms with E-state index in [0.717, 1.165) is 55.2 Å². The zero-order valence-corrected chi connectivity index (χ0v) is 21.4. The minimum absolute atomic E-state index is 0.484. The van der Waals surface area contributed by atoms with Crippen molar-refractivity contribution in [1.29, 1.82) is 0 Å². The first-order chi connectivity index (χ1) is 18.4. The van der Waals surface area contributed by atoms with E-state index in [1.165, 1.54) is 0 Å². The van der Waals surface area contributed by atoms with Crippen LogP contribution in [-0.2, 0) is 21.7 Å². The van der Waals surface area contributed by atoms with E-state index in [9.17, 15) is 4.79 Å². The quantitative estimate of drug-likeness (QED) is 0.226. The third-order valence-corrected chi connectivity index (χ3v) is 6.97. The van der Waals surface area contributed by atoms with Crippen LogP contribution in [0.1, 0.15) is 25.0 Å². The highest BCUT2D eigenvalue weighted by Crippen LogP contribution is 2.38. The average Bonchev–Trinajstić information content (AvgIpc) is 3.36. The van der Waals surface area contributed by atoms with Crippen molar-refractivity contribution in [2.75, 3.05) is 11.9 Å². The molecule has 0 radical (unpaired) electrons. The van der Waals surface area contributed by atoms with Crippen LogP contribution in [0, 0.1) is 0 Å². The SMILES string of the molecule is CN(Cc1ccc2cncc(-c3cc4c(C(C)(C)OC=O)cccc4o3)c2c1)c1ccnc2ncccc12. The summed E-state index contributed by atoms with van der Waals surface area (Å²) in [5, 5.41) is 4.00. The summed E-state index contributed by atoms with van der Waals surface area (Å²) >= 11 is 0. The highest BCUT2D eigenvalue weighted by atomic mass is 16.5. The first-order valence-electron chi connectivity index (χ1n) is 12.4. The van der Waals surface area contributed by atoms with Gasteiger partial charge in [0.1, 0.15) is 16.9 Å². The first kappa shape index (κ1) is 23.6. The zero-order valence-electron chi connectivity index (χ0n) is 21.4. The van der Waals surface area contributed by atoms with Crippen molar-refractivity contribution in [1.82, 2.24) is 15.0 Å². The molecule has 0 unspecified atom stereocenters. The summed E-state index contributed by atoms with van der Waals surface area (Å²) in [5.74, 6) is 0.712. The van der Waals surface area contributed by atoms with E-state index in [1.807, 2.05) is 68.7 Å². The van der Waals surface area contributed by atoms with Gasteiger partial charge in [-0.3, -0.25) is 9.78 Å². The highest BCUT2D eigenvalue weighted by molar-refractivity contribution is 5.98. The number of fused-ring (bicyclic) bond motifs is 3. The van der Waals surface area contributed by atoms with Crippen LogP contribution in [0.3, 0.4) is 0 Å².